The molecule has 1 aliphatic heterocycles. The number of nitrogens with zero attached hydrogens (tertiary/aromatic N) is 5. The highest BCUT2D eigenvalue weighted by molar-refractivity contribution is 5.87. The van der Waals surface area contributed by atoms with Crippen LogP contribution >= 0.6 is 0 Å². The zero-order chi connectivity index (χ0) is 24.6. The van der Waals surface area contributed by atoms with E-state index in [0.717, 1.165) is 47.1 Å². The molecule has 8 nitrogen and oxygen atoms in total. The molecule has 5 aromatic rings. The van der Waals surface area contributed by atoms with Crippen molar-refractivity contribution in [3.05, 3.63) is 78.1 Å². The minimum Gasteiger partial charge on any atom is -0.361 e. The lowest BCUT2D eigenvalue weighted by molar-refractivity contribution is -0.125. The first-order valence-electron chi connectivity index (χ1n) is 12.1. The summed E-state index contributed by atoms with van der Waals surface area (Å²) in [6.45, 7) is 3.59. The molecule has 4 heterocycles. The summed E-state index contributed by atoms with van der Waals surface area (Å²) in [5.74, 6) is 0.372. The van der Waals surface area contributed by atoms with Gasteiger partial charge in [0.1, 0.15) is 18.0 Å². The van der Waals surface area contributed by atoms with Gasteiger partial charge in [0.25, 0.3) is 0 Å². The largest absolute Gasteiger partial charge is 0.361 e. The van der Waals surface area contributed by atoms with E-state index in [1.807, 2.05) is 36.7 Å². The number of amides is 1. The van der Waals surface area contributed by atoms with Gasteiger partial charge in [-0.25, -0.2) is 19.0 Å². The van der Waals surface area contributed by atoms with Crippen LogP contribution in [0.15, 0.2) is 61.2 Å². The minimum absolute atomic E-state index is 0.0463. The number of rotatable bonds is 5. The Morgan fingerprint density at radius 2 is 2.11 bits per heavy atom. The summed E-state index contributed by atoms with van der Waals surface area (Å²) in [6, 6.07) is 13.2. The molecule has 0 spiro atoms. The number of hydrogen-bond acceptors (Lipinski definition) is 5. The van der Waals surface area contributed by atoms with Crippen molar-refractivity contribution in [3.8, 4) is 5.69 Å². The maximum Gasteiger partial charge on any atom is 0.225 e. The van der Waals surface area contributed by atoms with Crippen LogP contribution in [0, 0.1) is 18.7 Å². The van der Waals surface area contributed by atoms with Crippen molar-refractivity contribution in [3.63, 3.8) is 0 Å². The van der Waals surface area contributed by atoms with Gasteiger partial charge >= 0.3 is 0 Å². The lowest BCUT2D eigenvalue weighted by Crippen LogP contribution is -2.43. The smallest absolute Gasteiger partial charge is 0.225 e. The van der Waals surface area contributed by atoms with Gasteiger partial charge in [-0.15, -0.1) is 5.10 Å². The number of carbonyl (C=O) groups is 1. The Bertz CT molecular complexity index is 1570. The summed E-state index contributed by atoms with van der Waals surface area (Å²) in [5, 5.41) is 9.55. The molecule has 0 unspecified atom stereocenters. The Morgan fingerprint density at radius 3 is 3.00 bits per heavy atom. The van der Waals surface area contributed by atoms with Gasteiger partial charge in [-0.2, -0.15) is 0 Å². The molecule has 36 heavy (non-hydrogen) atoms. The predicted molar refractivity (Wildman–Crippen MR) is 136 cm³/mol. The summed E-state index contributed by atoms with van der Waals surface area (Å²) in [5.41, 5.74) is 3.89. The maximum absolute atomic E-state index is 14.1. The Kier molecular flexibility index (Phi) is 5.59. The van der Waals surface area contributed by atoms with Crippen molar-refractivity contribution in [1.82, 2.24) is 30.0 Å². The zero-order valence-corrected chi connectivity index (χ0v) is 19.9. The molecule has 6 rings (SSSR count). The number of anilines is 1. The molecule has 3 aromatic heterocycles. The Labute approximate surface area is 207 Å². The van der Waals surface area contributed by atoms with Crippen molar-refractivity contribution in [2.75, 3.05) is 18.0 Å². The molecular weight excluding hydrogens is 457 g/mol. The van der Waals surface area contributed by atoms with Gasteiger partial charge in [0.15, 0.2) is 5.65 Å². The van der Waals surface area contributed by atoms with Crippen molar-refractivity contribution in [1.29, 1.82) is 0 Å². The summed E-state index contributed by atoms with van der Waals surface area (Å²) in [4.78, 5) is 27.2. The van der Waals surface area contributed by atoms with Gasteiger partial charge in [0.2, 0.25) is 5.91 Å². The molecule has 1 fully saturated rings. The van der Waals surface area contributed by atoms with Crippen LogP contribution in [0.4, 0.5) is 10.2 Å². The topological polar surface area (TPSA) is 91.7 Å². The second kappa shape index (κ2) is 9.07. The van der Waals surface area contributed by atoms with Crippen LogP contribution in [0.3, 0.4) is 0 Å². The Balaban J connectivity index is 1.19. The van der Waals surface area contributed by atoms with E-state index in [9.17, 15) is 9.18 Å². The van der Waals surface area contributed by atoms with Crippen molar-refractivity contribution in [2.45, 2.75) is 26.3 Å². The molecular formula is C27H26FN7O. The molecule has 0 aliphatic carbocycles. The van der Waals surface area contributed by atoms with Crippen LogP contribution in [0.25, 0.3) is 27.6 Å². The normalized spacial score (nSPS) is 16.1. The summed E-state index contributed by atoms with van der Waals surface area (Å²) >= 11 is 0. The fourth-order valence-corrected chi connectivity index (χ4v) is 4.86. The monoisotopic (exact) mass is 483 g/mol. The molecule has 9 heteroatoms. The maximum atomic E-state index is 14.1. The van der Waals surface area contributed by atoms with E-state index in [-0.39, 0.29) is 17.6 Å². The molecule has 0 radical (unpaired) electrons. The number of benzene rings is 2. The lowest BCUT2D eigenvalue weighted by Gasteiger charge is -2.33. The zero-order valence-electron chi connectivity index (χ0n) is 19.9. The number of nitrogens with one attached hydrogen (secondary N) is 2. The number of halogens is 1. The van der Waals surface area contributed by atoms with Gasteiger partial charge < -0.3 is 15.2 Å². The van der Waals surface area contributed by atoms with Crippen molar-refractivity contribution >= 4 is 33.7 Å². The molecule has 2 N–H and O–H groups in total. The summed E-state index contributed by atoms with van der Waals surface area (Å²) < 4.78 is 15.7. The van der Waals surface area contributed by atoms with Gasteiger partial charge in [0, 0.05) is 37.5 Å². The molecule has 2 aromatic carbocycles. The van der Waals surface area contributed by atoms with Gasteiger partial charge in [-0.3, -0.25) is 4.79 Å². The first-order valence-corrected chi connectivity index (χ1v) is 12.1. The summed E-state index contributed by atoms with van der Waals surface area (Å²) in [7, 11) is 0. The first-order chi connectivity index (χ1) is 17.5. The number of aryl methyl sites for hydroxylation is 1. The SMILES string of the molecule is Cc1ccc(-n2cc3c(N4CCC[C@H](C(=O)NCc5ccc6[nH]ccc6c5)C4)ncnc3n2)cc1F. The summed E-state index contributed by atoms with van der Waals surface area (Å²) in [6.07, 6.45) is 6.95. The van der Waals surface area contributed by atoms with Crippen LogP contribution in [0.5, 0.6) is 0 Å². The quantitative estimate of drug-likeness (QED) is 0.389. The highest BCUT2D eigenvalue weighted by atomic mass is 19.1. The molecule has 1 saturated heterocycles. The van der Waals surface area contributed by atoms with E-state index in [0.29, 0.717) is 30.0 Å². The van der Waals surface area contributed by atoms with E-state index < -0.39 is 0 Å². The number of H-pyrrole nitrogens is 1. The van der Waals surface area contributed by atoms with Crippen LogP contribution in [-0.2, 0) is 11.3 Å². The molecule has 0 saturated carbocycles. The Hall–Kier alpha value is -4.27. The highest BCUT2D eigenvalue weighted by Crippen LogP contribution is 2.28. The van der Waals surface area contributed by atoms with Crippen molar-refractivity contribution in [2.24, 2.45) is 5.92 Å². The van der Waals surface area contributed by atoms with Crippen molar-refractivity contribution < 1.29 is 9.18 Å². The van der Waals surface area contributed by atoms with Gasteiger partial charge in [0.05, 0.1) is 17.0 Å². The molecule has 1 amide bonds. The van der Waals surface area contributed by atoms with Gasteiger partial charge in [-0.05, 0) is 66.6 Å². The third kappa shape index (κ3) is 4.17. The highest BCUT2D eigenvalue weighted by Gasteiger charge is 2.28. The number of aromatic amines is 1. The van der Waals surface area contributed by atoms with Crippen LogP contribution in [0.1, 0.15) is 24.0 Å². The molecule has 1 aliphatic rings. The molecule has 1 atom stereocenters. The fraction of sp³-hybridized carbons (Fsp3) is 0.259. The fourth-order valence-electron chi connectivity index (χ4n) is 4.86. The van der Waals surface area contributed by atoms with E-state index >= 15 is 0 Å². The van der Waals surface area contributed by atoms with E-state index in [1.54, 1.807) is 17.7 Å². The molecule has 0 bridgehead atoms. The van der Waals surface area contributed by atoms with E-state index in [2.05, 4.69) is 36.3 Å². The van der Waals surface area contributed by atoms with Crippen LogP contribution in [0.2, 0.25) is 0 Å². The van der Waals surface area contributed by atoms with E-state index in [4.69, 9.17) is 0 Å². The minimum atomic E-state index is -0.281. The van der Waals surface area contributed by atoms with E-state index in [1.165, 1.54) is 12.4 Å². The number of carbonyl (C=O) groups excluding carboxylic acids is 1. The molecule has 182 valence electrons. The number of fused-ring (bicyclic) bond motifs is 2. The second-order valence-electron chi connectivity index (χ2n) is 9.34. The number of aromatic nitrogens is 5. The van der Waals surface area contributed by atoms with Crippen LogP contribution in [-0.4, -0.2) is 43.7 Å². The second-order valence-corrected chi connectivity index (χ2v) is 9.34. The number of hydrogen-bond donors (Lipinski definition) is 2. The third-order valence-electron chi connectivity index (χ3n) is 6.89. The lowest BCUT2D eigenvalue weighted by atomic mass is 9.97. The third-order valence-corrected chi connectivity index (χ3v) is 6.89. The standard InChI is InChI=1S/C27H26FN7O/c1-17-4-6-21(12-23(17)28)35-15-22-25(33-35)31-16-32-26(22)34-10-2-3-20(14-34)27(36)30-13-18-5-7-24-19(11-18)8-9-29-24/h4-9,11-12,15-16,20,29H,2-3,10,13-14H2,1H3,(H,30,36)/t20-/m0/s1. The Morgan fingerprint density at radius 1 is 1.19 bits per heavy atom. The average molecular weight is 484 g/mol. The average Bonchev–Trinajstić information content (AvgIpc) is 3.55. The van der Waals surface area contributed by atoms with Crippen LogP contribution < -0.4 is 10.2 Å². The van der Waals surface area contributed by atoms with Gasteiger partial charge in [-0.1, -0.05) is 12.1 Å². The number of piperidine rings is 1. The first kappa shape index (κ1) is 22.2. The predicted octanol–water partition coefficient (Wildman–Crippen LogP) is 4.28.